The van der Waals surface area contributed by atoms with Crippen LogP contribution in [0.2, 0.25) is 0 Å². The minimum absolute atomic E-state index is 0.311. The van der Waals surface area contributed by atoms with Gasteiger partial charge in [-0.1, -0.05) is 6.92 Å². The molecule has 0 amide bonds. The van der Waals surface area contributed by atoms with Crippen LogP contribution in [0.3, 0.4) is 0 Å². The average Bonchev–Trinajstić information content (AvgIpc) is 2.76. The van der Waals surface area contributed by atoms with Crippen LogP contribution >= 0.6 is 0 Å². The van der Waals surface area contributed by atoms with Crippen molar-refractivity contribution in [1.82, 2.24) is 25.1 Å². The maximum Gasteiger partial charge on any atom is 0.364 e. The predicted octanol–water partition coefficient (Wildman–Crippen LogP) is -0.147. The van der Waals surface area contributed by atoms with Crippen LogP contribution in [0.1, 0.15) is 13.8 Å². The Kier molecular flexibility index (Phi) is 3.93. The highest BCUT2D eigenvalue weighted by molar-refractivity contribution is 5.44. The maximum absolute atomic E-state index is 11.5. The Balaban J connectivity index is 2.21. The van der Waals surface area contributed by atoms with E-state index in [0.29, 0.717) is 5.65 Å². The molecule has 2 aromatic heterocycles. The van der Waals surface area contributed by atoms with Gasteiger partial charge in [-0.2, -0.15) is 9.61 Å². The van der Waals surface area contributed by atoms with Gasteiger partial charge in [0.1, 0.15) is 5.82 Å². The van der Waals surface area contributed by atoms with Crippen LogP contribution in [-0.2, 0) is 0 Å². The number of rotatable bonds is 6. The highest BCUT2D eigenvalue weighted by Gasteiger charge is 2.08. The summed E-state index contributed by atoms with van der Waals surface area (Å²) in [5.41, 5.74) is 0.223. The van der Waals surface area contributed by atoms with E-state index in [0.717, 1.165) is 32.0 Å². The fourth-order valence-electron chi connectivity index (χ4n) is 1.79. The second kappa shape index (κ2) is 5.63. The first-order valence-electron chi connectivity index (χ1n) is 6.16. The Bertz CT molecular complexity index is 560. The van der Waals surface area contributed by atoms with Gasteiger partial charge in [0.15, 0.2) is 5.65 Å². The lowest BCUT2D eigenvalue weighted by Crippen LogP contribution is -2.33. The van der Waals surface area contributed by atoms with Gasteiger partial charge < -0.3 is 10.2 Å². The molecule has 2 N–H and O–H groups in total. The Morgan fingerprint density at radius 2 is 2.28 bits per heavy atom. The first kappa shape index (κ1) is 12.6. The molecule has 0 saturated heterocycles. The van der Waals surface area contributed by atoms with Crippen molar-refractivity contribution < 1.29 is 0 Å². The van der Waals surface area contributed by atoms with Crippen molar-refractivity contribution >= 4 is 11.5 Å². The molecule has 98 valence electrons. The lowest BCUT2D eigenvalue weighted by atomic mass is 10.4. The van der Waals surface area contributed by atoms with Crippen molar-refractivity contribution in [2.45, 2.75) is 13.8 Å². The largest absolute Gasteiger partial charge is 0.364 e. The number of anilines is 1. The van der Waals surface area contributed by atoms with Crippen LogP contribution in [0.5, 0.6) is 0 Å². The quantitative estimate of drug-likeness (QED) is 0.697. The molecule has 0 atom stereocenters. The summed E-state index contributed by atoms with van der Waals surface area (Å²) in [5, 5.41) is 13.8. The van der Waals surface area contributed by atoms with Gasteiger partial charge in [0.25, 0.3) is 0 Å². The molecule has 0 aliphatic rings. The number of fused-ring (bicyclic) bond motifs is 1. The fourth-order valence-corrected chi connectivity index (χ4v) is 1.79. The van der Waals surface area contributed by atoms with E-state index < -0.39 is 0 Å². The minimum atomic E-state index is -0.311. The summed E-state index contributed by atoms with van der Waals surface area (Å²) in [6.07, 6.45) is 0. The molecule has 7 nitrogen and oxygen atoms in total. The fraction of sp³-hybridized carbons (Fsp3) is 0.545. The van der Waals surface area contributed by atoms with Gasteiger partial charge in [-0.25, -0.2) is 9.89 Å². The number of H-pyrrole nitrogens is 1. The van der Waals surface area contributed by atoms with Gasteiger partial charge in [0, 0.05) is 19.6 Å². The molecule has 7 heteroatoms. The molecule has 0 fully saturated rings. The van der Waals surface area contributed by atoms with Crippen LogP contribution in [-0.4, -0.2) is 46.0 Å². The van der Waals surface area contributed by atoms with E-state index in [1.807, 2.05) is 6.07 Å². The molecule has 0 unspecified atom stereocenters. The molecule has 2 heterocycles. The third-order valence-electron chi connectivity index (χ3n) is 2.77. The Morgan fingerprint density at radius 1 is 1.44 bits per heavy atom. The normalized spacial score (nSPS) is 11.0. The van der Waals surface area contributed by atoms with Crippen molar-refractivity contribution in [2.75, 3.05) is 31.1 Å². The SMILES string of the molecule is CCNCCN(CC)c1ccc2n[nH]c(=O)n2n1. The number of aromatic amines is 1. The zero-order valence-corrected chi connectivity index (χ0v) is 10.7. The summed E-state index contributed by atoms with van der Waals surface area (Å²) in [4.78, 5) is 13.6. The molecule has 0 spiro atoms. The highest BCUT2D eigenvalue weighted by atomic mass is 16.2. The van der Waals surface area contributed by atoms with Crippen LogP contribution in [0.4, 0.5) is 5.82 Å². The summed E-state index contributed by atoms with van der Waals surface area (Å²) in [6.45, 7) is 7.68. The molecular formula is C11H18N6O. The topological polar surface area (TPSA) is 78.3 Å². The van der Waals surface area contributed by atoms with Gasteiger partial charge in [-0.3, -0.25) is 0 Å². The summed E-state index contributed by atoms with van der Waals surface area (Å²) in [6, 6.07) is 3.67. The Hall–Kier alpha value is -1.89. The van der Waals surface area contributed by atoms with Crippen LogP contribution in [0.15, 0.2) is 16.9 Å². The molecule has 18 heavy (non-hydrogen) atoms. The molecule has 0 bridgehead atoms. The number of aromatic nitrogens is 4. The lowest BCUT2D eigenvalue weighted by Gasteiger charge is -2.21. The van der Waals surface area contributed by atoms with Gasteiger partial charge in [0.2, 0.25) is 0 Å². The van der Waals surface area contributed by atoms with Crippen molar-refractivity contribution in [3.63, 3.8) is 0 Å². The molecule has 2 aromatic rings. The van der Waals surface area contributed by atoms with Gasteiger partial charge in [-0.15, -0.1) is 5.10 Å². The summed E-state index contributed by atoms with van der Waals surface area (Å²) in [7, 11) is 0. The average molecular weight is 250 g/mol. The number of nitrogens with one attached hydrogen (secondary N) is 2. The molecule has 0 aliphatic carbocycles. The molecule has 0 saturated carbocycles. The second-order valence-corrected chi connectivity index (χ2v) is 3.92. The number of likely N-dealkylation sites (N-methyl/N-ethyl adjacent to an activating group) is 2. The first-order valence-corrected chi connectivity index (χ1v) is 6.16. The van der Waals surface area contributed by atoms with Crippen LogP contribution in [0, 0.1) is 0 Å². The van der Waals surface area contributed by atoms with E-state index in [9.17, 15) is 4.79 Å². The van der Waals surface area contributed by atoms with Crippen molar-refractivity contribution in [2.24, 2.45) is 0 Å². The van der Waals surface area contributed by atoms with E-state index in [1.54, 1.807) is 6.07 Å². The van der Waals surface area contributed by atoms with Crippen LogP contribution < -0.4 is 15.9 Å². The van der Waals surface area contributed by atoms with E-state index in [2.05, 4.69) is 39.4 Å². The van der Waals surface area contributed by atoms with E-state index in [1.165, 1.54) is 4.52 Å². The first-order chi connectivity index (χ1) is 8.76. The summed E-state index contributed by atoms with van der Waals surface area (Å²) < 4.78 is 1.28. The molecule has 2 rings (SSSR count). The predicted molar refractivity (Wildman–Crippen MR) is 70.0 cm³/mol. The van der Waals surface area contributed by atoms with E-state index in [-0.39, 0.29) is 5.69 Å². The second-order valence-electron chi connectivity index (χ2n) is 3.92. The van der Waals surface area contributed by atoms with Crippen LogP contribution in [0.25, 0.3) is 5.65 Å². The van der Waals surface area contributed by atoms with Gasteiger partial charge in [-0.05, 0) is 25.6 Å². The third kappa shape index (κ3) is 2.51. The van der Waals surface area contributed by atoms with E-state index in [4.69, 9.17) is 0 Å². The lowest BCUT2D eigenvalue weighted by molar-refractivity contribution is 0.677. The van der Waals surface area contributed by atoms with Crippen molar-refractivity contribution in [3.8, 4) is 0 Å². The molecular weight excluding hydrogens is 232 g/mol. The minimum Gasteiger partial charge on any atom is -0.354 e. The maximum atomic E-state index is 11.5. The van der Waals surface area contributed by atoms with Gasteiger partial charge >= 0.3 is 5.69 Å². The zero-order chi connectivity index (χ0) is 13.0. The standard InChI is InChI=1S/C11H18N6O/c1-3-12-7-8-16(4-2)10-6-5-9-13-14-11(18)17(9)15-10/h5-6,12H,3-4,7-8H2,1-2H3,(H,14,18). The number of hydrogen-bond acceptors (Lipinski definition) is 5. The smallest absolute Gasteiger partial charge is 0.354 e. The van der Waals surface area contributed by atoms with Crippen molar-refractivity contribution in [1.29, 1.82) is 0 Å². The summed E-state index contributed by atoms with van der Waals surface area (Å²) >= 11 is 0. The number of hydrogen-bond donors (Lipinski definition) is 2. The Morgan fingerprint density at radius 3 is 3.00 bits per heavy atom. The summed E-state index contributed by atoms with van der Waals surface area (Å²) in [5.74, 6) is 0.784. The molecule has 0 aliphatic heterocycles. The highest BCUT2D eigenvalue weighted by Crippen LogP contribution is 2.09. The van der Waals surface area contributed by atoms with E-state index >= 15 is 0 Å². The molecule has 0 radical (unpaired) electrons. The monoisotopic (exact) mass is 250 g/mol. The zero-order valence-electron chi connectivity index (χ0n) is 10.7. The Labute approximate surface area is 105 Å². The number of nitrogens with zero attached hydrogens (tertiary/aromatic N) is 4. The van der Waals surface area contributed by atoms with Crippen molar-refractivity contribution in [3.05, 3.63) is 22.6 Å². The molecule has 0 aromatic carbocycles. The third-order valence-corrected chi connectivity index (χ3v) is 2.77. The van der Waals surface area contributed by atoms with Gasteiger partial charge in [0.05, 0.1) is 0 Å².